The van der Waals surface area contributed by atoms with Gasteiger partial charge in [0.25, 0.3) is 0 Å². The fraction of sp³-hybridized carbons (Fsp3) is 0.143. The normalized spacial score (nSPS) is 10.4. The molecule has 2 aromatic carbocycles. The summed E-state index contributed by atoms with van der Waals surface area (Å²) in [6.45, 7) is 0.572. The molecule has 0 aliphatic carbocycles. The van der Waals surface area contributed by atoms with Crippen molar-refractivity contribution < 1.29 is 4.74 Å². The molecule has 0 bridgehead atoms. The maximum Gasteiger partial charge on any atom is 0.120 e. The van der Waals surface area contributed by atoms with Crippen LogP contribution >= 0.6 is 47.8 Å². The summed E-state index contributed by atoms with van der Waals surface area (Å²) in [4.78, 5) is 0. The molecule has 0 spiro atoms. The van der Waals surface area contributed by atoms with Crippen molar-refractivity contribution in [1.82, 2.24) is 0 Å². The smallest absolute Gasteiger partial charge is 0.120 e. The van der Waals surface area contributed by atoms with Crippen LogP contribution in [0.5, 0.6) is 5.75 Å². The Hall–Kier alpha value is -0.320. The fourth-order valence-electron chi connectivity index (χ4n) is 1.54. The lowest BCUT2D eigenvalue weighted by Gasteiger charge is -2.09. The molecule has 0 aromatic heterocycles. The van der Waals surface area contributed by atoms with Crippen molar-refractivity contribution in [3.8, 4) is 5.75 Å². The minimum Gasteiger partial charge on any atom is -0.489 e. The first-order valence-electron chi connectivity index (χ1n) is 5.40. The highest BCUT2D eigenvalue weighted by Crippen LogP contribution is 2.25. The summed E-state index contributed by atoms with van der Waals surface area (Å²) < 4.78 is 7.94. The molecule has 0 saturated heterocycles. The monoisotopic (exact) mass is 432 g/mol. The van der Waals surface area contributed by atoms with Crippen molar-refractivity contribution in [3.05, 3.63) is 62.5 Å². The number of alkyl halides is 1. The van der Waals surface area contributed by atoms with Gasteiger partial charge in [0.1, 0.15) is 12.4 Å². The minimum absolute atomic E-state index is 0.572. The van der Waals surface area contributed by atoms with E-state index in [1.165, 1.54) is 5.56 Å². The molecule has 0 atom stereocenters. The fourth-order valence-corrected chi connectivity index (χ4v) is 3.21. The summed E-state index contributed by atoms with van der Waals surface area (Å²) >= 11 is 10.4. The van der Waals surface area contributed by atoms with E-state index >= 15 is 0 Å². The highest BCUT2D eigenvalue weighted by molar-refractivity contribution is 9.11. The van der Waals surface area contributed by atoms with Gasteiger partial charge in [-0.15, -0.1) is 0 Å². The van der Waals surface area contributed by atoms with Crippen LogP contribution in [0.15, 0.2) is 51.4 Å². The van der Waals surface area contributed by atoms with E-state index in [0.717, 1.165) is 25.6 Å². The van der Waals surface area contributed by atoms with Crippen molar-refractivity contribution in [3.63, 3.8) is 0 Å². The van der Waals surface area contributed by atoms with Crippen molar-refractivity contribution in [1.29, 1.82) is 0 Å². The summed E-state index contributed by atoms with van der Waals surface area (Å²) in [6.07, 6.45) is 0. The minimum atomic E-state index is 0.572. The Labute approximate surface area is 132 Å². The summed E-state index contributed by atoms with van der Waals surface area (Å²) in [7, 11) is 0. The number of halogens is 3. The maximum atomic E-state index is 5.78. The molecular formula is C14H11Br3O. The van der Waals surface area contributed by atoms with Crippen LogP contribution in [0.2, 0.25) is 0 Å². The highest BCUT2D eigenvalue weighted by Gasteiger charge is 2.02. The third kappa shape index (κ3) is 3.84. The Morgan fingerprint density at radius 3 is 2.56 bits per heavy atom. The first-order chi connectivity index (χ1) is 8.69. The lowest BCUT2D eigenvalue weighted by Crippen LogP contribution is -1.96. The number of ether oxygens (including phenoxy) is 1. The Kier molecular flexibility index (Phi) is 5.27. The van der Waals surface area contributed by atoms with Gasteiger partial charge in [-0.1, -0.05) is 59.9 Å². The van der Waals surface area contributed by atoms with Crippen LogP contribution in [0.3, 0.4) is 0 Å². The summed E-state index contributed by atoms with van der Waals surface area (Å²) in [5.41, 5.74) is 2.33. The molecule has 2 aromatic rings. The predicted octanol–water partition coefficient (Wildman–Crippen LogP) is 5.69. The molecule has 2 rings (SSSR count). The summed E-state index contributed by atoms with van der Waals surface area (Å²) in [5.74, 6) is 0.882. The zero-order valence-electron chi connectivity index (χ0n) is 9.50. The van der Waals surface area contributed by atoms with Crippen LogP contribution in [0, 0.1) is 0 Å². The van der Waals surface area contributed by atoms with Gasteiger partial charge in [0.2, 0.25) is 0 Å². The number of hydrogen-bond donors (Lipinski definition) is 0. The van der Waals surface area contributed by atoms with Crippen molar-refractivity contribution in [2.75, 3.05) is 0 Å². The van der Waals surface area contributed by atoms with Crippen LogP contribution in [0.25, 0.3) is 0 Å². The first-order valence-corrected chi connectivity index (χ1v) is 8.11. The topological polar surface area (TPSA) is 9.23 Å². The van der Waals surface area contributed by atoms with Gasteiger partial charge >= 0.3 is 0 Å². The first kappa shape index (κ1) is 14.1. The Morgan fingerprint density at radius 1 is 1.00 bits per heavy atom. The van der Waals surface area contributed by atoms with Gasteiger partial charge in [-0.05, 0) is 41.5 Å². The van der Waals surface area contributed by atoms with E-state index in [1.807, 2.05) is 30.3 Å². The Morgan fingerprint density at radius 2 is 1.83 bits per heavy atom. The highest BCUT2D eigenvalue weighted by atomic mass is 79.9. The van der Waals surface area contributed by atoms with Gasteiger partial charge in [0.15, 0.2) is 0 Å². The van der Waals surface area contributed by atoms with Crippen molar-refractivity contribution in [2.24, 2.45) is 0 Å². The van der Waals surface area contributed by atoms with E-state index in [4.69, 9.17) is 4.74 Å². The Bertz CT molecular complexity index is 540. The quantitative estimate of drug-likeness (QED) is 0.562. The molecule has 0 unspecified atom stereocenters. The summed E-state index contributed by atoms with van der Waals surface area (Å²) in [6, 6.07) is 14.1. The average molecular weight is 435 g/mol. The van der Waals surface area contributed by atoms with E-state index < -0.39 is 0 Å². The largest absolute Gasteiger partial charge is 0.489 e. The molecule has 0 aliphatic rings. The molecule has 0 fully saturated rings. The molecule has 0 N–H and O–H groups in total. The zero-order chi connectivity index (χ0) is 13.0. The summed E-state index contributed by atoms with van der Waals surface area (Å²) in [5, 5.41) is 0.807. The predicted molar refractivity (Wildman–Crippen MR) is 85.2 cm³/mol. The van der Waals surface area contributed by atoms with Crippen LogP contribution in [0.4, 0.5) is 0 Å². The van der Waals surface area contributed by atoms with E-state index in [0.29, 0.717) is 6.61 Å². The molecule has 0 amide bonds. The van der Waals surface area contributed by atoms with E-state index in [1.54, 1.807) is 0 Å². The number of benzene rings is 2. The molecule has 0 radical (unpaired) electrons. The molecular weight excluding hydrogens is 424 g/mol. The van der Waals surface area contributed by atoms with Gasteiger partial charge in [0, 0.05) is 14.3 Å². The van der Waals surface area contributed by atoms with E-state index in [2.05, 4.69) is 59.9 Å². The molecule has 1 nitrogen and oxygen atoms in total. The third-order valence-electron chi connectivity index (χ3n) is 2.46. The molecule has 0 heterocycles. The van der Waals surface area contributed by atoms with Gasteiger partial charge in [-0.2, -0.15) is 0 Å². The van der Waals surface area contributed by atoms with E-state index in [-0.39, 0.29) is 0 Å². The maximum absolute atomic E-state index is 5.78. The van der Waals surface area contributed by atoms with Gasteiger partial charge in [-0.3, -0.25) is 0 Å². The molecule has 0 saturated carbocycles. The zero-order valence-corrected chi connectivity index (χ0v) is 14.3. The van der Waals surface area contributed by atoms with E-state index in [9.17, 15) is 0 Å². The third-order valence-corrected chi connectivity index (χ3v) is 4.33. The second-order valence-corrected chi connectivity index (χ2v) is 6.14. The molecule has 0 aliphatic heterocycles. The molecule has 18 heavy (non-hydrogen) atoms. The number of rotatable bonds is 4. The molecule has 94 valence electrons. The molecule has 4 heteroatoms. The SMILES string of the molecule is BrCc1cc(OCc2cccc(Br)c2)ccc1Br. The van der Waals surface area contributed by atoms with Crippen molar-refractivity contribution in [2.45, 2.75) is 11.9 Å². The second-order valence-electron chi connectivity index (χ2n) is 3.81. The van der Waals surface area contributed by atoms with Crippen LogP contribution in [-0.2, 0) is 11.9 Å². The van der Waals surface area contributed by atoms with Crippen LogP contribution in [0.1, 0.15) is 11.1 Å². The van der Waals surface area contributed by atoms with Gasteiger partial charge in [0.05, 0.1) is 0 Å². The van der Waals surface area contributed by atoms with Crippen molar-refractivity contribution >= 4 is 47.8 Å². The lowest BCUT2D eigenvalue weighted by molar-refractivity contribution is 0.306. The number of hydrogen-bond acceptors (Lipinski definition) is 1. The van der Waals surface area contributed by atoms with Crippen LogP contribution in [-0.4, -0.2) is 0 Å². The van der Waals surface area contributed by atoms with Gasteiger partial charge in [-0.25, -0.2) is 0 Å². The van der Waals surface area contributed by atoms with Gasteiger partial charge < -0.3 is 4.74 Å². The second kappa shape index (κ2) is 6.73. The van der Waals surface area contributed by atoms with Crippen LogP contribution < -0.4 is 4.74 Å². The Balaban J connectivity index is 2.06. The average Bonchev–Trinajstić information content (AvgIpc) is 2.38. The standard InChI is InChI=1S/C14H11Br3O/c15-8-11-7-13(4-5-14(11)17)18-9-10-2-1-3-12(16)6-10/h1-7H,8-9H2. The lowest BCUT2D eigenvalue weighted by atomic mass is 10.2.